The zero-order valence-corrected chi connectivity index (χ0v) is 7.94. The summed E-state index contributed by atoms with van der Waals surface area (Å²) >= 11 is 0. The van der Waals surface area contributed by atoms with Crippen molar-refractivity contribution in [1.82, 2.24) is 5.32 Å². The first-order valence-electron chi connectivity index (χ1n) is 4.06. The van der Waals surface area contributed by atoms with Crippen molar-refractivity contribution in [2.45, 2.75) is 0 Å². The average molecular weight is 211 g/mol. The van der Waals surface area contributed by atoms with Crippen molar-refractivity contribution in [3.05, 3.63) is 23.6 Å². The lowest BCUT2D eigenvalue weighted by molar-refractivity contribution is -0.135. The molecule has 0 aromatic rings. The normalized spacial score (nSPS) is 15.5. The van der Waals surface area contributed by atoms with Gasteiger partial charge in [0.1, 0.15) is 12.3 Å². The molecule has 0 aromatic heterocycles. The van der Waals surface area contributed by atoms with Crippen molar-refractivity contribution in [2.75, 3.05) is 13.7 Å². The molecule has 0 saturated carbocycles. The minimum atomic E-state index is -1.07. The van der Waals surface area contributed by atoms with Crippen molar-refractivity contribution < 1.29 is 24.2 Å². The molecule has 1 rings (SSSR count). The molecule has 80 valence electrons. The molecule has 0 aromatic carbocycles. The van der Waals surface area contributed by atoms with E-state index >= 15 is 0 Å². The number of ether oxygens (including phenoxy) is 1. The maximum atomic E-state index is 11.0. The quantitative estimate of drug-likeness (QED) is 0.468. The molecular formula is C9H9NO5. The van der Waals surface area contributed by atoms with Crippen LogP contribution in [-0.4, -0.2) is 36.3 Å². The molecule has 0 bridgehead atoms. The van der Waals surface area contributed by atoms with E-state index in [1.807, 2.05) is 0 Å². The van der Waals surface area contributed by atoms with Crippen LogP contribution in [0, 0.1) is 0 Å². The van der Waals surface area contributed by atoms with Gasteiger partial charge in [-0.25, -0.2) is 0 Å². The molecule has 6 heteroatoms. The van der Waals surface area contributed by atoms with Crippen LogP contribution < -0.4 is 5.32 Å². The minimum absolute atomic E-state index is 0.154. The van der Waals surface area contributed by atoms with E-state index in [4.69, 9.17) is 9.84 Å². The molecule has 0 amide bonds. The van der Waals surface area contributed by atoms with Gasteiger partial charge in [0.25, 0.3) is 0 Å². The monoisotopic (exact) mass is 211 g/mol. The van der Waals surface area contributed by atoms with Crippen LogP contribution in [0.15, 0.2) is 23.6 Å². The Labute approximate surface area is 85.2 Å². The van der Waals surface area contributed by atoms with Gasteiger partial charge in [0.2, 0.25) is 11.6 Å². The van der Waals surface area contributed by atoms with E-state index in [1.54, 1.807) is 0 Å². The van der Waals surface area contributed by atoms with Crippen LogP contribution in [0.2, 0.25) is 0 Å². The Morgan fingerprint density at radius 2 is 2.00 bits per heavy atom. The third kappa shape index (κ3) is 2.67. The Hall–Kier alpha value is -2.11. The van der Waals surface area contributed by atoms with Gasteiger partial charge in [-0.3, -0.25) is 14.4 Å². The Morgan fingerprint density at radius 1 is 1.40 bits per heavy atom. The predicted molar refractivity (Wildman–Crippen MR) is 48.8 cm³/mol. The molecule has 0 radical (unpaired) electrons. The van der Waals surface area contributed by atoms with Gasteiger partial charge in [-0.2, -0.15) is 0 Å². The minimum Gasteiger partial charge on any atom is -0.494 e. The molecule has 0 unspecified atom stereocenters. The second-order valence-electron chi connectivity index (χ2n) is 2.75. The molecule has 0 aliphatic heterocycles. The molecule has 6 nitrogen and oxygen atoms in total. The van der Waals surface area contributed by atoms with Gasteiger partial charge in [-0.05, 0) is 0 Å². The molecule has 1 aliphatic rings. The van der Waals surface area contributed by atoms with Crippen molar-refractivity contribution in [2.24, 2.45) is 0 Å². The smallest absolute Gasteiger partial charge is 0.322 e. The summed E-state index contributed by atoms with van der Waals surface area (Å²) in [5, 5.41) is 10.9. The van der Waals surface area contributed by atoms with Gasteiger partial charge < -0.3 is 15.2 Å². The summed E-state index contributed by atoms with van der Waals surface area (Å²) in [4.78, 5) is 32.2. The van der Waals surface area contributed by atoms with E-state index in [1.165, 1.54) is 7.11 Å². The number of rotatable bonds is 4. The van der Waals surface area contributed by atoms with Crippen molar-refractivity contribution in [1.29, 1.82) is 0 Å². The number of aliphatic carboxylic acids is 1. The molecule has 0 fully saturated rings. The van der Waals surface area contributed by atoms with Crippen LogP contribution in [-0.2, 0) is 19.1 Å². The number of hydrogen-bond acceptors (Lipinski definition) is 5. The Bertz CT molecular complexity index is 380. The van der Waals surface area contributed by atoms with Crippen LogP contribution in [0.5, 0.6) is 0 Å². The van der Waals surface area contributed by atoms with Gasteiger partial charge >= 0.3 is 5.97 Å². The number of nitrogens with one attached hydrogen (secondary N) is 1. The molecule has 0 heterocycles. The van der Waals surface area contributed by atoms with Gasteiger partial charge in [-0.1, -0.05) is 0 Å². The lowest BCUT2D eigenvalue weighted by Gasteiger charge is -2.14. The summed E-state index contributed by atoms with van der Waals surface area (Å²) in [5.41, 5.74) is 0.199. The largest absolute Gasteiger partial charge is 0.494 e. The number of allylic oxidation sites excluding steroid dienone is 2. The number of carboxylic acids is 1. The molecule has 0 saturated heterocycles. The van der Waals surface area contributed by atoms with Crippen molar-refractivity contribution in [3.8, 4) is 0 Å². The fourth-order valence-corrected chi connectivity index (χ4v) is 1.02. The van der Waals surface area contributed by atoms with E-state index < -0.39 is 17.5 Å². The maximum Gasteiger partial charge on any atom is 0.322 e. The van der Waals surface area contributed by atoms with E-state index in [-0.39, 0.29) is 18.0 Å². The first-order valence-corrected chi connectivity index (χ1v) is 4.06. The molecule has 2 N–H and O–H groups in total. The first kappa shape index (κ1) is 11.0. The number of methoxy groups -OCH3 is 1. The number of ketones is 2. The molecule has 0 spiro atoms. The van der Waals surface area contributed by atoms with Crippen LogP contribution in [0.25, 0.3) is 0 Å². The van der Waals surface area contributed by atoms with E-state index in [2.05, 4.69) is 5.32 Å². The lowest BCUT2D eigenvalue weighted by atomic mass is 10.1. The fourth-order valence-electron chi connectivity index (χ4n) is 1.02. The van der Waals surface area contributed by atoms with Crippen LogP contribution in [0.3, 0.4) is 0 Å². The highest BCUT2D eigenvalue weighted by Crippen LogP contribution is 2.12. The second kappa shape index (κ2) is 4.41. The Kier molecular flexibility index (Phi) is 3.22. The van der Waals surface area contributed by atoms with Crippen LogP contribution >= 0.6 is 0 Å². The molecule has 15 heavy (non-hydrogen) atoms. The highest BCUT2D eigenvalue weighted by atomic mass is 16.5. The second-order valence-corrected chi connectivity index (χ2v) is 2.75. The molecular weight excluding hydrogens is 202 g/mol. The number of hydrogen-bond donors (Lipinski definition) is 2. The van der Waals surface area contributed by atoms with Crippen LogP contribution in [0.4, 0.5) is 0 Å². The lowest BCUT2D eigenvalue weighted by Crippen LogP contribution is -2.27. The van der Waals surface area contributed by atoms with E-state index in [9.17, 15) is 14.4 Å². The topological polar surface area (TPSA) is 92.7 Å². The maximum absolute atomic E-state index is 11.0. The van der Waals surface area contributed by atoms with Gasteiger partial charge in [0, 0.05) is 12.2 Å². The standard InChI is InChI=1S/C9H9NO5/c1-15-8-3-7(12)6(11)2-5(8)10-4-9(13)14/h2-3,10H,4H2,1H3,(H,13,14). The molecule has 0 atom stereocenters. The first-order chi connectivity index (χ1) is 7.04. The number of carbonyl (C=O) groups excluding carboxylic acids is 2. The summed E-state index contributed by atoms with van der Waals surface area (Å²) in [5.74, 6) is -2.31. The number of carbonyl (C=O) groups is 3. The zero-order chi connectivity index (χ0) is 11.4. The zero-order valence-electron chi connectivity index (χ0n) is 7.94. The third-order valence-corrected chi connectivity index (χ3v) is 1.70. The molecule has 1 aliphatic carbocycles. The third-order valence-electron chi connectivity index (χ3n) is 1.70. The highest BCUT2D eigenvalue weighted by Gasteiger charge is 2.20. The summed E-state index contributed by atoms with van der Waals surface area (Å²) < 4.78 is 4.82. The average Bonchev–Trinajstić information content (AvgIpc) is 2.19. The van der Waals surface area contributed by atoms with E-state index in [0.717, 1.165) is 12.2 Å². The van der Waals surface area contributed by atoms with Crippen molar-refractivity contribution >= 4 is 17.5 Å². The summed E-state index contributed by atoms with van der Waals surface area (Å²) in [7, 11) is 1.32. The summed E-state index contributed by atoms with van der Waals surface area (Å²) in [6, 6.07) is 0. The van der Waals surface area contributed by atoms with Gasteiger partial charge in [0.05, 0.1) is 12.8 Å². The fraction of sp³-hybridized carbons (Fsp3) is 0.222. The Balaban J connectivity index is 2.81. The van der Waals surface area contributed by atoms with Gasteiger partial charge in [-0.15, -0.1) is 0 Å². The SMILES string of the molecule is COC1=CC(=O)C(=O)C=C1NCC(=O)O. The number of carboxylic acid groups (broad SMARTS) is 1. The van der Waals surface area contributed by atoms with Crippen molar-refractivity contribution in [3.63, 3.8) is 0 Å². The predicted octanol–water partition coefficient (Wildman–Crippen LogP) is -0.773. The van der Waals surface area contributed by atoms with E-state index in [0.29, 0.717) is 0 Å². The van der Waals surface area contributed by atoms with Gasteiger partial charge in [0.15, 0.2) is 0 Å². The highest BCUT2D eigenvalue weighted by molar-refractivity contribution is 6.46. The van der Waals surface area contributed by atoms with Crippen LogP contribution in [0.1, 0.15) is 0 Å². The summed E-state index contributed by atoms with van der Waals surface area (Å²) in [6.45, 7) is -0.353. The Morgan fingerprint density at radius 3 is 2.53 bits per heavy atom. The summed E-state index contributed by atoms with van der Waals surface area (Å²) in [6.07, 6.45) is 2.04.